The van der Waals surface area contributed by atoms with Gasteiger partial charge in [-0.25, -0.2) is 0 Å². The van der Waals surface area contributed by atoms with Crippen LogP contribution in [-0.2, 0) is 4.79 Å². The number of hydrogen-bond donors (Lipinski definition) is 2. The fourth-order valence-corrected chi connectivity index (χ4v) is 5.78. The second-order valence-electron chi connectivity index (χ2n) is 10.1. The Morgan fingerprint density at radius 3 is 2.59 bits per heavy atom. The Morgan fingerprint density at radius 1 is 1.16 bits per heavy atom. The second-order valence-corrected chi connectivity index (χ2v) is 10.9. The molecule has 2 aliphatic rings. The number of anilines is 2. The van der Waals surface area contributed by atoms with Crippen molar-refractivity contribution in [1.29, 1.82) is 0 Å². The summed E-state index contributed by atoms with van der Waals surface area (Å²) in [5.74, 6) is -0.159. The van der Waals surface area contributed by atoms with Gasteiger partial charge in [0.25, 0.3) is 0 Å². The zero-order valence-corrected chi connectivity index (χ0v) is 22.9. The van der Waals surface area contributed by atoms with Gasteiger partial charge in [-0.3, -0.25) is 9.78 Å². The van der Waals surface area contributed by atoms with Gasteiger partial charge in [0, 0.05) is 35.2 Å². The number of nitrogens with one attached hydrogen (secondary N) is 2. The minimum absolute atomic E-state index is 0.0733. The Kier molecular flexibility index (Phi) is 6.68. The van der Waals surface area contributed by atoms with E-state index in [4.69, 9.17) is 23.8 Å². The lowest BCUT2D eigenvalue weighted by molar-refractivity contribution is -0.116. The number of aromatic nitrogens is 1. The van der Waals surface area contributed by atoms with Gasteiger partial charge in [0.2, 0.25) is 5.91 Å². The van der Waals surface area contributed by atoms with Gasteiger partial charge in [0.1, 0.15) is 6.54 Å². The number of halogens is 1. The zero-order chi connectivity index (χ0) is 26.3. The molecule has 3 aromatic rings. The molecule has 2 atom stereocenters. The van der Waals surface area contributed by atoms with Gasteiger partial charge in [0.05, 0.1) is 23.3 Å². The quantitative estimate of drug-likeness (QED) is 0.395. The Labute approximate surface area is 228 Å². The summed E-state index contributed by atoms with van der Waals surface area (Å²) in [6, 6.07) is 18.8. The summed E-state index contributed by atoms with van der Waals surface area (Å²) < 4.78 is 0. The molecule has 190 valence electrons. The molecule has 1 fully saturated rings. The first-order valence-corrected chi connectivity index (χ1v) is 13.0. The molecule has 2 N–H and O–H groups in total. The molecule has 5 rings (SSSR count). The van der Waals surface area contributed by atoms with Crippen molar-refractivity contribution in [1.82, 2.24) is 15.2 Å². The second kappa shape index (κ2) is 9.80. The van der Waals surface area contributed by atoms with Crippen molar-refractivity contribution in [2.45, 2.75) is 38.4 Å². The van der Waals surface area contributed by atoms with Crippen molar-refractivity contribution >= 4 is 51.8 Å². The van der Waals surface area contributed by atoms with E-state index in [-0.39, 0.29) is 30.1 Å². The molecule has 37 heavy (non-hydrogen) atoms. The molecule has 0 radical (unpaired) electrons. The highest BCUT2D eigenvalue weighted by Gasteiger charge is 2.42. The SMILES string of the molecule is CC1=CC(C)(C)N(C)c2cc(Cl)c(C3C(c4ccccn4)NC(=S)N3CC(=O)Nc3ccccc3)cc21. The summed E-state index contributed by atoms with van der Waals surface area (Å²) in [4.78, 5) is 21.9. The van der Waals surface area contributed by atoms with Gasteiger partial charge >= 0.3 is 0 Å². The fourth-order valence-electron chi connectivity index (χ4n) is 5.21. The lowest BCUT2D eigenvalue weighted by Gasteiger charge is -2.41. The van der Waals surface area contributed by atoms with Crippen LogP contribution in [0, 0.1) is 0 Å². The lowest BCUT2D eigenvalue weighted by atomic mass is 9.86. The van der Waals surface area contributed by atoms with E-state index < -0.39 is 0 Å². The van der Waals surface area contributed by atoms with Crippen LogP contribution in [0.1, 0.15) is 49.7 Å². The van der Waals surface area contributed by atoms with E-state index in [1.165, 1.54) is 5.57 Å². The van der Waals surface area contributed by atoms with Crippen LogP contribution >= 0.6 is 23.8 Å². The van der Waals surface area contributed by atoms with E-state index in [2.05, 4.69) is 60.5 Å². The monoisotopic (exact) mass is 531 g/mol. The molecule has 0 spiro atoms. The molecule has 0 aliphatic carbocycles. The van der Waals surface area contributed by atoms with E-state index in [1.807, 2.05) is 59.5 Å². The largest absolute Gasteiger partial charge is 0.365 e. The number of fused-ring (bicyclic) bond motifs is 1. The van der Waals surface area contributed by atoms with Crippen LogP contribution in [0.2, 0.25) is 5.02 Å². The van der Waals surface area contributed by atoms with Crippen LogP contribution < -0.4 is 15.5 Å². The van der Waals surface area contributed by atoms with Crippen LogP contribution in [0.15, 0.2) is 72.9 Å². The van der Waals surface area contributed by atoms with Crippen LogP contribution in [0.5, 0.6) is 0 Å². The molecule has 0 bridgehead atoms. The Morgan fingerprint density at radius 2 is 1.89 bits per heavy atom. The Hall–Kier alpha value is -3.42. The number of amides is 1. The summed E-state index contributed by atoms with van der Waals surface area (Å²) in [5.41, 5.74) is 5.73. The number of para-hydroxylation sites is 1. The molecule has 6 nitrogen and oxygen atoms in total. The minimum atomic E-state index is -0.324. The molecule has 0 saturated carbocycles. The summed E-state index contributed by atoms with van der Waals surface area (Å²) >= 11 is 12.8. The lowest BCUT2D eigenvalue weighted by Crippen LogP contribution is -2.42. The first kappa shape index (κ1) is 25.2. The van der Waals surface area contributed by atoms with Crippen LogP contribution in [-0.4, -0.2) is 40.0 Å². The highest BCUT2D eigenvalue weighted by Crippen LogP contribution is 2.46. The third-order valence-corrected chi connectivity index (χ3v) is 7.90. The van der Waals surface area contributed by atoms with E-state index >= 15 is 0 Å². The molecular weight excluding hydrogens is 502 g/mol. The summed E-state index contributed by atoms with van der Waals surface area (Å²) in [5, 5.41) is 7.50. The van der Waals surface area contributed by atoms with Crippen LogP contribution in [0.4, 0.5) is 11.4 Å². The summed E-state index contributed by atoms with van der Waals surface area (Å²) in [6.45, 7) is 6.57. The molecule has 1 amide bonds. The van der Waals surface area contributed by atoms with E-state index in [0.29, 0.717) is 10.1 Å². The number of thiocarbonyl (C=S) groups is 1. The molecule has 1 aromatic heterocycles. The fraction of sp³-hybridized carbons (Fsp3) is 0.276. The number of allylic oxidation sites excluding steroid dienone is 1. The smallest absolute Gasteiger partial charge is 0.244 e. The standard InChI is InChI=1S/C29H30ClN5OS/c1-18-16-29(2,3)34(4)24-15-22(30)21(14-20(18)24)27-26(23-12-8-9-13-31-23)33-28(37)35(27)17-25(36)32-19-10-6-5-7-11-19/h5-16,26-27H,17H2,1-4H3,(H,32,36)(H,33,37). The molecule has 1 saturated heterocycles. The highest BCUT2D eigenvalue weighted by molar-refractivity contribution is 7.80. The van der Waals surface area contributed by atoms with Crippen LogP contribution in [0.3, 0.4) is 0 Å². The van der Waals surface area contributed by atoms with E-state index in [9.17, 15) is 4.79 Å². The summed E-state index contributed by atoms with van der Waals surface area (Å²) in [7, 11) is 2.08. The Bertz CT molecular complexity index is 1380. The zero-order valence-electron chi connectivity index (χ0n) is 21.3. The number of carbonyl (C=O) groups is 1. The molecule has 2 aliphatic heterocycles. The first-order chi connectivity index (χ1) is 17.7. The number of pyridine rings is 1. The van der Waals surface area contributed by atoms with Gasteiger partial charge in [-0.15, -0.1) is 0 Å². The molecule has 3 heterocycles. The number of rotatable bonds is 5. The topological polar surface area (TPSA) is 60.5 Å². The third kappa shape index (κ3) is 4.81. The molecule has 2 aromatic carbocycles. The van der Waals surface area contributed by atoms with Crippen molar-refractivity contribution in [3.8, 4) is 0 Å². The highest BCUT2D eigenvalue weighted by atomic mass is 35.5. The first-order valence-electron chi connectivity index (χ1n) is 12.3. The molecule has 2 unspecified atom stereocenters. The molecule has 8 heteroatoms. The predicted octanol–water partition coefficient (Wildman–Crippen LogP) is 5.98. The van der Waals surface area contributed by atoms with Crippen molar-refractivity contribution in [2.24, 2.45) is 0 Å². The predicted molar refractivity (Wildman–Crippen MR) is 155 cm³/mol. The maximum absolute atomic E-state index is 13.1. The Balaban J connectivity index is 1.56. The average molecular weight is 532 g/mol. The van der Waals surface area contributed by atoms with Gasteiger partial charge in [-0.05, 0) is 80.5 Å². The van der Waals surface area contributed by atoms with Crippen molar-refractivity contribution < 1.29 is 4.79 Å². The summed E-state index contributed by atoms with van der Waals surface area (Å²) in [6.07, 6.45) is 4.03. The normalized spacial score (nSPS) is 20.2. The number of likely N-dealkylation sites (N-methyl/N-ethyl adjacent to an activating group) is 1. The van der Waals surface area contributed by atoms with Crippen LogP contribution in [0.25, 0.3) is 5.57 Å². The van der Waals surface area contributed by atoms with Crippen molar-refractivity contribution in [3.63, 3.8) is 0 Å². The maximum Gasteiger partial charge on any atom is 0.244 e. The van der Waals surface area contributed by atoms with Gasteiger partial charge in [-0.1, -0.05) is 41.9 Å². The average Bonchev–Trinajstić information content (AvgIpc) is 3.18. The van der Waals surface area contributed by atoms with Gasteiger partial charge in [-0.2, -0.15) is 0 Å². The molecular formula is C29H30ClN5OS. The minimum Gasteiger partial charge on any atom is -0.365 e. The van der Waals surface area contributed by atoms with Gasteiger partial charge < -0.3 is 20.4 Å². The van der Waals surface area contributed by atoms with Crippen molar-refractivity contribution in [2.75, 3.05) is 23.8 Å². The number of nitrogens with zero attached hydrogens (tertiary/aromatic N) is 3. The maximum atomic E-state index is 13.1. The number of hydrogen-bond acceptors (Lipinski definition) is 4. The number of carbonyl (C=O) groups excluding carboxylic acids is 1. The van der Waals surface area contributed by atoms with Crippen molar-refractivity contribution in [3.05, 3.63) is 94.8 Å². The van der Waals surface area contributed by atoms with E-state index in [1.54, 1.807) is 6.20 Å². The number of benzene rings is 2. The van der Waals surface area contributed by atoms with Gasteiger partial charge in [0.15, 0.2) is 5.11 Å². The van der Waals surface area contributed by atoms with E-state index in [0.717, 1.165) is 28.2 Å². The third-order valence-electron chi connectivity index (χ3n) is 7.22.